The van der Waals surface area contributed by atoms with Crippen LogP contribution in [0.5, 0.6) is 0 Å². The Labute approximate surface area is 117 Å². The van der Waals surface area contributed by atoms with Gasteiger partial charge in [-0.25, -0.2) is 10.8 Å². The molecule has 2 aromatic rings. The van der Waals surface area contributed by atoms with Crippen LogP contribution < -0.4 is 11.3 Å². The second-order valence-electron chi connectivity index (χ2n) is 5.36. The first-order chi connectivity index (χ1) is 9.69. The van der Waals surface area contributed by atoms with Crippen LogP contribution in [0.3, 0.4) is 0 Å². The van der Waals surface area contributed by atoms with E-state index in [1.165, 1.54) is 0 Å². The van der Waals surface area contributed by atoms with Crippen LogP contribution in [-0.2, 0) is 0 Å². The van der Waals surface area contributed by atoms with E-state index in [2.05, 4.69) is 17.3 Å². The zero-order valence-electron chi connectivity index (χ0n) is 11.5. The molecule has 3 rings (SSSR count). The largest absolute Gasteiger partial charge is 0.338 e. The number of anilines is 1. The molecule has 0 spiro atoms. The van der Waals surface area contributed by atoms with Crippen molar-refractivity contribution in [2.24, 2.45) is 11.8 Å². The van der Waals surface area contributed by atoms with Crippen molar-refractivity contribution in [2.75, 3.05) is 18.5 Å². The Bertz CT molecular complexity index is 655. The number of hydrogen-bond acceptors (Lipinski definition) is 4. The molecule has 1 amide bonds. The highest BCUT2D eigenvalue weighted by atomic mass is 16.2. The third-order valence-electron chi connectivity index (χ3n) is 3.81. The quantitative estimate of drug-likeness (QED) is 0.647. The maximum absolute atomic E-state index is 12.7. The Kier molecular flexibility index (Phi) is 3.28. The lowest BCUT2D eigenvalue weighted by Gasteiger charge is -2.17. The molecule has 1 saturated heterocycles. The van der Waals surface area contributed by atoms with Gasteiger partial charge in [0.2, 0.25) is 0 Å². The van der Waals surface area contributed by atoms with E-state index in [9.17, 15) is 4.79 Å². The predicted octanol–water partition coefficient (Wildman–Crippen LogP) is 2.00. The van der Waals surface area contributed by atoms with Crippen molar-refractivity contribution in [3.05, 3.63) is 35.9 Å². The molecule has 5 heteroatoms. The third-order valence-corrected chi connectivity index (χ3v) is 3.81. The number of nitrogens with zero attached hydrogens (tertiary/aromatic N) is 2. The number of nitrogen functional groups attached to an aromatic ring is 1. The number of likely N-dealkylation sites (tertiary alicyclic amines) is 1. The highest BCUT2D eigenvalue weighted by Crippen LogP contribution is 2.24. The lowest BCUT2D eigenvalue weighted by Crippen LogP contribution is -2.29. The number of rotatable bonds is 2. The first-order valence-corrected chi connectivity index (χ1v) is 6.84. The Morgan fingerprint density at radius 2 is 2.25 bits per heavy atom. The van der Waals surface area contributed by atoms with Gasteiger partial charge in [0.15, 0.2) is 0 Å². The molecular formula is C15H18N4O. The van der Waals surface area contributed by atoms with E-state index < -0.39 is 0 Å². The molecule has 0 aliphatic carbocycles. The molecule has 2 heterocycles. The number of hydrazine groups is 1. The molecule has 1 aliphatic rings. The van der Waals surface area contributed by atoms with Crippen LogP contribution in [0.1, 0.15) is 23.7 Å². The van der Waals surface area contributed by atoms with Crippen molar-refractivity contribution in [1.82, 2.24) is 9.88 Å². The molecule has 0 saturated carbocycles. The van der Waals surface area contributed by atoms with Gasteiger partial charge in [-0.2, -0.15) is 0 Å². The Morgan fingerprint density at radius 3 is 2.95 bits per heavy atom. The topological polar surface area (TPSA) is 71.2 Å². The van der Waals surface area contributed by atoms with Crippen molar-refractivity contribution in [3.63, 3.8) is 0 Å². The van der Waals surface area contributed by atoms with Crippen LogP contribution in [0.2, 0.25) is 0 Å². The summed E-state index contributed by atoms with van der Waals surface area (Å²) in [7, 11) is 0. The van der Waals surface area contributed by atoms with Crippen LogP contribution in [0.15, 0.2) is 30.3 Å². The average Bonchev–Trinajstić information content (AvgIpc) is 2.92. The van der Waals surface area contributed by atoms with Crippen molar-refractivity contribution in [2.45, 2.75) is 13.3 Å². The molecule has 1 fully saturated rings. The third kappa shape index (κ3) is 2.20. The van der Waals surface area contributed by atoms with Crippen molar-refractivity contribution < 1.29 is 4.79 Å². The monoisotopic (exact) mass is 270 g/mol. The number of pyridine rings is 1. The summed E-state index contributed by atoms with van der Waals surface area (Å²) < 4.78 is 0. The molecule has 1 aromatic carbocycles. The van der Waals surface area contributed by atoms with Gasteiger partial charge < -0.3 is 10.3 Å². The fourth-order valence-corrected chi connectivity index (χ4v) is 2.72. The van der Waals surface area contributed by atoms with Gasteiger partial charge in [0, 0.05) is 18.5 Å². The molecule has 104 valence electrons. The number of aromatic nitrogens is 1. The SMILES string of the molecule is CC1CCN(C(=O)c2cc(NN)nc3ccccc23)C1. The van der Waals surface area contributed by atoms with Crippen molar-refractivity contribution >= 4 is 22.6 Å². The van der Waals surface area contributed by atoms with Crippen LogP contribution >= 0.6 is 0 Å². The molecular weight excluding hydrogens is 252 g/mol. The van der Waals surface area contributed by atoms with E-state index in [1.54, 1.807) is 6.07 Å². The number of fused-ring (bicyclic) bond motifs is 1. The first-order valence-electron chi connectivity index (χ1n) is 6.84. The minimum Gasteiger partial charge on any atom is -0.338 e. The van der Waals surface area contributed by atoms with E-state index in [-0.39, 0.29) is 5.91 Å². The van der Waals surface area contributed by atoms with Gasteiger partial charge >= 0.3 is 0 Å². The Balaban J connectivity index is 2.07. The van der Waals surface area contributed by atoms with Gasteiger partial charge in [0.25, 0.3) is 5.91 Å². The van der Waals surface area contributed by atoms with E-state index in [0.29, 0.717) is 17.3 Å². The molecule has 0 radical (unpaired) electrons. The maximum atomic E-state index is 12.7. The standard InChI is InChI=1S/C15H18N4O/c1-10-6-7-19(9-10)15(20)12-8-14(18-16)17-13-5-3-2-4-11(12)13/h2-5,8,10H,6-7,9,16H2,1H3,(H,17,18). The Hall–Kier alpha value is -2.14. The van der Waals surface area contributed by atoms with Crippen molar-refractivity contribution in [1.29, 1.82) is 0 Å². The van der Waals surface area contributed by atoms with Crippen LogP contribution in [0.25, 0.3) is 10.9 Å². The lowest BCUT2D eigenvalue weighted by molar-refractivity contribution is 0.0790. The number of benzene rings is 1. The van der Waals surface area contributed by atoms with Crippen LogP contribution in [0.4, 0.5) is 5.82 Å². The zero-order valence-corrected chi connectivity index (χ0v) is 11.5. The van der Waals surface area contributed by atoms with E-state index in [0.717, 1.165) is 30.4 Å². The summed E-state index contributed by atoms with van der Waals surface area (Å²) in [4.78, 5) is 19.0. The summed E-state index contributed by atoms with van der Waals surface area (Å²) in [5, 5.41) is 0.871. The van der Waals surface area contributed by atoms with Crippen molar-refractivity contribution in [3.8, 4) is 0 Å². The summed E-state index contributed by atoms with van der Waals surface area (Å²) in [5.74, 6) is 6.59. The summed E-state index contributed by atoms with van der Waals surface area (Å²) in [6.07, 6.45) is 1.07. The molecule has 3 N–H and O–H groups in total. The van der Waals surface area contributed by atoms with E-state index in [1.807, 2.05) is 29.2 Å². The number of amides is 1. The number of carbonyl (C=O) groups is 1. The molecule has 0 bridgehead atoms. The average molecular weight is 270 g/mol. The van der Waals surface area contributed by atoms with E-state index in [4.69, 9.17) is 5.84 Å². The fourth-order valence-electron chi connectivity index (χ4n) is 2.72. The molecule has 20 heavy (non-hydrogen) atoms. The van der Waals surface area contributed by atoms with Gasteiger partial charge in [-0.15, -0.1) is 0 Å². The van der Waals surface area contributed by atoms with Crippen LogP contribution in [-0.4, -0.2) is 28.9 Å². The molecule has 1 aromatic heterocycles. The molecule has 1 aliphatic heterocycles. The van der Waals surface area contributed by atoms with Gasteiger partial charge in [-0.3, -0.25) is 4.79 Å². The summed E-state index contributed by atoms with van der Waals surface area (Å²) in [5.41, 5.74) is 3.97. The smallest absolute Gasteiger partial charge is 0.254 e. The molecule has 1 unspecified atom stereocenters. The summed E-state index contributed by atoms with van der Waals surface area (Å²) in [6, 6.07) is 9.37. The van der Waals surface area contributed by atoms with Gasteiger partial charge in [0.1, 0.15) is 5.82 Å². The lowest BCUT2D eigenvalue weighted by atomic mass is 10.1. The molecule has 1 atom stereocenters. The number of nitrogens with one attached hydrogen (secondary N) is 1. The first kappa shape index (κ1) is 12.9. The van der Waals surface area contributed by atoms with E-state index >= 15 is 0 Å². The van der Waals surface area contributed by atoms with Crippen LogP contribution in [0, 0.1) is 5.92 Å². The van der Waals surface area contributed by atoms with Gasteiger partial charge in [0.05, 0.1) is 11.1 Å². The minimum atomic E-state index is 0.0597. The highest BCUT2D eigenvalue weighted by molar-refractivity contribution is 6.07. The highest BCUT2D eigenvalue weighted by Gasteiger charge is 2.25. The minimum absolute atomic E-state index is 0.0597. The fraction of sp³-hybridized carbons (Fsp3) is 0.333. The normalized spacial score (nSPS) is 18.5. The predicted molar refractivity (Wildman–Crippen MR) is 79.2 cm³/mol. The second-order valence-corrected chi connectivity index (χ2v) is 5.36. The van der Waals surface area contributed by atoms with Gasteiger partial charge in [-0.1, -0.05) is 25.1 Å². The summed E-state index contributed by atoms with van der Waals surface area (Å²) >= 11 is 0. The number of carbonyl (C=O) groups excluding carboxylic acids is 1. The van der Waals surface area contributed by atoms with Gasteiger partial charge in [-0.05, 0) is 24.5 Å². The Morgan fingerprint density at radius 1 is 1.45 bits per heavy atom. The molecule has 5 nitrogen and oxygen atoms in total. The number of hydrogen-bond donors (Lipinski definition) is 2. The number of para-hydroxylation sites is 1. The maximum Gasteiger partial charge on any atom is 0.254 e. The summed E-state index contributed by atoms with van der Waals surface area (Å²) in [6.45, 7) is 3.81. The second kappa shape index (κ2) is 5.09. The zero-order chi connectivity index (χ0) is 14.1. The number of nitrogens with two attached hydrogens (primary N) is 1.